The zero-order valence-electron chi connectivity index (χ0n) is 20.3. The highest BCUT2D eigenvalue weighted by Crippen LogP contribution is 2.31. The zero-order chi connectivity index (χ0) is 24.8. The van der Waals surface area contributed by atoms with Gasteiger partial charge in [-0.25, -0.2) is 23.3 Å². The summed E-state index contributed by atoms with van der Waals surface area (Å²) in [6.07, 6.45) is 1.48. The van der Waals surface area contributed by atoms with Crippen molar-refractivity contribution in [1.29, 1.82) is 0 Å². The molecule has 2 aliphatic rings. The van der Waals surface area contributed by atoms with Crippen LogP contribution in [-0.4, -0.2) is 92.3 Å². The van der Waals surface area contributed by atoms with Crippen LogP contribution in [0, 0.1) is 6.92 Å². The minimum absolute atomic E-state index is 0.206. The first kappa shape index (κ1) is 23.0. The first-order chi connectivity index (χ1) is 17.6. The molecule has 10 nitrogen and oxygen atoms in total. The molecule has 12 heteroatoms. The summed E-state index contributed by atoms with van der Waals surface area (Å²) in [5.74, 6) is 1.69. The van der Waals surface area contributed by atoms with Gasteiger partial charge in [0, 0.05) is 31.9 Å². The molecule has 0 bridgehead atoms. The summed E-state index contributed by atoms with van der Waals surface area (Å²) in [5.41, 5.74) is 3.65. The molecule has 4 aromatic rings. The number of aryl methyl sites for hydroxylation is 2. The van der Waals surface area contributed by atoms with E-state index in [1.54, 1.807) is 16.1 Å². The number of nitrogens with one attached hydrogen (secondary N) is 2. The number of halogens is 2. The second-order valence-electron chi connectivity index (χ2n) is 9.34. The van der Waals surface area contributed by atoms with E-state index in [9.17, 15) is 8.78 Å². The third-order valence-electron chi connectivity index (χ3n) is 7.14. The molecular weight excluding hydrogens is 468 g/mol. The van der Waals surface area contributed by atoms with Crippen molar-refractivity contribution in [3.8, 4) is 11.3 Å². The van der Waals surface area contributed by atoms with Crippen LogP contribution in [-0.2, 0) is 11.3 Å². The lowest BCUT2D eigenvalue weighted by Crippen LogP contribution is -2.57. The Morgan fingerprint density at radius 2 is 2.03 bits per heavy atom. The molecule has 0 aromatic carbocycles. The Hall–Kier alpha value is -3.38. The maximum absolute atomic E-state index is 15.0. The van der Waals surface area contributed by atoms with E-state index in [4.69, 9.17) is 9.72 Å². The maximum atomic E-state index is 15.0. The van der Waals surface area contributed by atoms with Gasteiger partial charge < -0.3 is 19.9 Å². The van der Waals surface area contributed by atoms with E-state index in [2.05, 4.69) is 30.6 Å². The van der Waals surface area contributed by atoms with Crippen LogP contribution in [0.4, 0.5) is 20.5 Å². The van der Waals surface area contributed by atoms with Crippen LogP contribution in [0.3, 0.4) is 0 Å². The van der Waals surface area contributed by atoms with E-state index >= 15 is 0 Å². The van der Waals surface area contributed by atoms with Crippen molar-refractivity contribution in [1.82, 2.24) is 34.0 Å². The van der Waals surface area contributed by atoms with Gasteiger partial charge in [-0.2, -0.15) is 4.98 Å². The van der Waals surface area contributed by atoms with Crippen molar-refractivity contribution in [3.05, 3.63) is 30.2 Å². The Labute approximate surface area is 206 Å². The Kier molecular flexibility index (Phi) is 5.92. The Morgan fingerprint density at radius 1 is 1.17 bits per heavy atom. The van der Waals surface area contributed by atoms with E-state index in [0.29, 0.717) is 55.3 Å². The van der Waals surface area contributed by atoms with Gasteiger partial charge in [0.2, 0.25) is 5.95 Å². The van der Waals surface area contributed by atoms with Gasteiger partial charge in [0.1, 0.15) is 29.7 Å². The van der Waals surface area contributed by atoms with Crippen molar-refractivity contribution in [3.63, 3.8) is 0 Å². The highest BCUT2D eigenvalue weighted by molar-refractivity contribution is 5.89. The van der Waals surface area contributed by atoms with E-state index in [1.807, 2.05) is 31.3 Å². The normalized spacial score (nSPS) is 21.2. The molecule has 6 heterocycles. The molecule has 36 heavy (non-hydrogen) atoms. The number of hydrogen-bond donors (Lipinski definition) is 2. The molecule has 2 atom stereocenters. The first-order valence-corrected chi connectivity index (χ1v) is 12.3. The molecule has 2 saturated heterocycles. The summed E-state index contributed by atoms with van der Waals surface area (Å²) in [5, 5.41) is 11.0. The molecule has 0 aliphatic carbocycles. The fourth-order valence-corrected chi connectivity index (χ4v) is 5.11. The smallest absolute Gasteiger partial charge is 0.243 e. The molecule has 190 valence electrons. The summed E-state index contributed by atoms with van der Waals surface area (Å²) in [7, 11) is 1.79. The molecule has 4 aromatic heterocycles. The van der Waals surface area contributed by atoms with Crippen LogP contribution < -0.4 is 10.6 Å². The Morgan fingerprint density at radius 3 is 2.75 bits per heavy atom. The van der Waals surface area contributed by atoms with Crippen LogP contribution in [0.2, 0.25) is 0 Å². The summed E-state index contributed by atoms with van der Waals surface area (Å²) in [4.78, 5) is 16.1. The molecule has 2 fully saturated rings. The van der Waals surface area contributed by atoms with E-state index in [-0.39, 0.29) is 12.6 Å². The minimum atomic E-state index is -1.02. The minimum Gasteiger partial charge on any atom is -0.378 e. The number of alkyl halides is 2. The molecule has 2 N–H and O–H groups in total. The lowest BCUT2D eigenvalue weighted by atomic mass is 10.0. The molecule has 6 rings (SSSR count). The van der Waals surface area contributed by atoms with Crippen molar-refractivity contribution >= 4 is 28.4 Å². The Balaban J connectivity index is 1.29. The fourth-order valence-electron chi connectivity index (χ4n) is 5.11. The van der Waals surface area contributed by atoms with Crippen molar-refractivity contribution in [2.75, 3.05) is 50.7 Å². The van der Waals surface area contributed by atoms with Crippen LogP contribution in [0.1, 0.15) is 12.2 Å². The molecule has 0 saturated carbocycles. The number of nitrogens with zero attached hydrogens (tertiary/aromatic N) is 7. The molecule has 0 radical (unpaired) electrons. The second-order valence-corrected chi connectivity index (χ2v) is 9.34. The number of ether oxygens (including phenoxy) is 1. The standard InChI is InChI=1S/C24H29F2N9O/c1-14-28-20-4-3-18(29-23(20)34(14)10-7-25)16-5-9-35-21(16)22(27-2)31-24(32-35)30-19-6-8-33(11-17(19)26)15-12-36-13-15/h3-5,9,15,17,19H,6-8,10-13H2,1-2H3,(H2,27,30,31,32)/t17-,19?/m0/s1. The molecule has 2 aliphatic heterocycles. The highest BCUT2D eigenvalue weighted by Gasteiger charge is 2.35. The number of aromatic nitrogens is 6. The number of piperidine rings is 1. The van der Waals surface area contributed by atoms with Crippen LogP contribution in [0.5, 0.6) is 0 Å². The second kappa shape index (κ2) is 9.25. The fraction of sp³-hybridized carbons (Fsp3) is 0.500. The molecular formula is C24H29F2N9O. The van der Waals surface area contributed by atoms with E-state index in [1.165, 1.54) is 0 Å². The topological polar surface area (TPSA) is 97.4 Å². The first-order valence-electron chi connectivity index (χ1n) is 12.3. The number of hydrogen-bond acceptors (Lipinski definition) is 8. The molecule has 1 unspecified atom stereocenters. The van der Waals surface area contributed by atoms with Gasteiger partial charge in [-0.1, -0.05) is 0 Å². The van der Waals surface area contributed by atoms with Crippen molar-refractivity contribution < 1.29 is 13.5 Å². The largest absolute Gasteiger partial charge is 0.378 e. The van der Waals surface area contributed by atoms with Gasteiger partial charge in [-0.15, -0.1) is 5.10 Å². The number of imidazole rings is 1. The van der Waals surface area contributed by atoms with Crippen LogP contribution in [0.15, 0.2) is 24.4 Å². The highest BCUT2D eigenvalue weighted by atomic mass is 19.1. The van der Waals surface area contributed by atoms with Gasteiger partial charge >= 0.3 is 0 Å². The van der Waals surface area contributed by atoms with Crippen molar-refractivity contribution in [2.45, 2.75) is 38.1 Å². The van der Waals surface area contributed by atoms with Crippen LogP contribution in [0.25, 0.3) is 27.9 Å². The van der Waals surface area contributed by atoms with Gasteiger partial charge in [0.15, 0.2) is 11.5 Å². The quantitative estimate of drug-likeness (QED) is 0.402. The predicted molar refractivity (Wildman–Crippen MR) is 133 cm³/mol. The average Bonchev–Trinajstić information content (AvgIpc) is 3.40. The van der Waals surface area contributed by atoms with Gasteiger partial charge in [0.25, 0.3) is 0 Å². The monoisotopic (exact) mass is 497 g/mol. The lowest BCUT2D eigenvalue weighted by molar-refractivity contribution is -0.0794. The maximum Gasteiger partial charge on any atom is 0.243 e. The third kappa shape index (κ3) is 3.94. The lowest BCUT2D eigenvalue weighted by Gasteiger charge is -2.42. The van der Waals surface area contributed by atoms with Gasteiger partial charge in [0.05, 0.1) is 37.5 Å². The van der Waals surface area contributed by atoms with Gasteiger partial charge in [-0.05, 0) is 31.5 Å². The predicted octanol–water partition coefficient (Wildman–Crippen LogP) is 2.68. The summed E-state index contributed by atoms with van der Waals surface area (Å²) < 4.78 is 36.8. The average molecular weight is 498 g/mol. The number of likely N-dealkylation sites (tertiary alicyclic amines) is 1. The SMILES string of the molecule is CNc1nc(NC2CCN(C3COC3)C[C@@H]2F)nn2ccc(-c3ccc4nc(C)n(CCF)c4n3)c12. The van der Waals surface area contributed by atoms with Crippen LogP contribution >= 0.6 is 0 Å². The molecule has 0 spiro atoms. The van der Waals surface area contributed by atoms with E-state index in [0.717, 1.165) is 29.0 Å². The number of pyridine rings is 1. The summed E-state index contributed by atoms with van der Waals surface area (Å²) in [6, 6.07) is 5.68. The zero-order valence-corrected chi connectivity index (χ0v) is 20.3. The van der Waals surface area contributed by atoms with Gasteiger partial charge in [-0.3, -0.25) is 4.90 Å². The third-order valence-corrected chi connectivity index (χ3v) is 7.14. The number of anilines is 2. The molecule has 0 amide bonds. The number of fused-ring (bicyclic) bond motifs is 2. The summed E-state index contributed by atoms with van der Waals surface area (Å²) >= 11 is 0. The number of rotatable bonds is 7. The summed E-state index contributed by atoms with van der Waals surface area (Å²) in [6.45, 7) is 4.13. The van der Waals surface area contributed by atoms with Crippen molar-refractivity contribution in [2.24, 2.45) is 0 Å². The Bertz CT molecular complexity index is 1400. The van der Waals surface area contributed by atoms with E-state index < -0.39 is 12.8 Å².